The minimum Gasteiger partial charge on any atom is -0.376 e. The number of aryl methyl sites for hydroxylation is 2. The number of halogens is 1. The van der Waals surface area contributed by atoms with E-state index < -0.39 is 15.9 Å². The first kappa shape index (κ1) is 26.7. The summed E-state index contributed by atoms with van der Waals surface area (Å²) in [5.74, 6) is -0.928. The highest BCUT2D eigenvalue weighted by molar-refractivity contribution is 7.92. The average molecular weight is 542 g/mol. The second-order valence-corrected chi connectivity index (χ2v) is 11.0. The van der Waals surface area contributed by atoms with E-state index in [1.54, 1.807) is 37.3 Å². The summed E-state index contributed by atoms with van der Waals surface area (Å²) < 4.78 is 34.4. The number of anilines is 2. The van der Waals surface area contributed by atoms with Gasteiger partial charge in [0.05, 0.1) is 28.1 Å². The molecule has 0 saturated carbocycles. The van der Waals surface area contributed by atoms with Gasteiger partial charge in [-0.15, -0.1) is 0 Å². The topological polar surface area (TPSA) is 114 Å². The summed E-state index contributed by atoms with van der Waals surface area (Å²) in [7, 11) is -4.09. The van der Waals surface area contributed by atoms with E-state index in [0.29, 0.717) is 24.5 Å². The zero-order valence-electron chi connectivity index (χ0n) is 20.5. The highest BCUT2D eigenvalue weighted by Crippen LogP contribution is 2.27. The minimum atomic E-state index is -4.09. The lowest BCUT2D eigenvalue weighted by atomic mass is 10.1. The van der Waals surface area contributed by atoms with Crippen molar-refractivity contribution in [2.75, 3.05) is 23.2 Å². The van der Waals surface area contributed by atoms with Gasteiger partial charge in [-0.2, -0.15) is 0 Å². The molecule has 0 bridgehead atoms. The molecular weight excluding hydrogens is 514 g/mol. The van der Waals surface area contributed by atoms with Crippen molar-refractivity contribution in [2.45, 2.75) is 37.7 Å². The zero-order chi connectivity index (χ0) is 26.6. The van der Waals surface area contributed by atoms with Crippen LogP contribution in [-0.2, 0) is 14.8 Å². The van der Waals surface area contributed by atoms with Crippen LogP contribution in [0.15, 0.2) is 65.6 Å². The van der Waals surface area contributed by atoms with Gasteiger partial charge in [-0.05, 0) is 74.2 Å². The molecule has 1 aliphatic heterocycles. The molecule has 2 amide bonds. The maximum atomic E-state index is 13.2. The van der Waals surface area contributed by atoms with Crippen LogP contribution in [0.25, 0.3) is 0 Å². The van der Waals surface area contributed by atoms with Crippen molar-refractivity contribution >= 4 is 44.8 Å². The monoisotopic (exact) mass is 541 g/mol. The average Bonchev–Trinajstić information content (AvgIpc) is 3.39. The number of para-hydroxylation sites is 1. The lowest BCUT2D eigenvalue weighted by molar-refractivity contribution is 0.0858. The van der Waals surface area contributed by atoms with Crippen molar-refractivity contribution < 1.29 is 22.7 Å². The molecular formula is C27H28ClN3O5S. The Morgan fingerprint density at radius 2 is 1.78 bits per heavy atom. The maximum Gasteiger partial charge on any atom is 0.263 e. The van der Waals surface area contributed by atoms with Gasteiger partial charge >= 0.3 is 0 Å². The normalized spacial score (nSPS) is 15.3. The summed E-state index contributed by atoms with van der Waals surface area (Å²) in [4.78, 5) is 25.6. The third kappa shape index (κ3) is 6.49. The smallest absolute Gasteiger partial charge is 0.263 e. The SMILES string of the molecule is Cc1ccc(C)c(NS(=O)(=O)c2cc(C(=O)Nc3ccccc3C(=O)NC[C@H]3CCCO3)ccc2Cl)c1. The van der Waals surface area contributed by atoms with Crippen LogP contribution in [0.2, 0.25) is 5.02 Å². The van der Waals surface area contributed by atoms with E-state index >= 15 is 0 Å². The van der Waals surface area contributed by atoms with Crippen molar-refractivity contribution in [1.82, 2.24) is 5.32 Å². The number of amides is 2. The molecule has 3 aromatic carbocycles. The summed E-state index contributed by atoms with van der Waals surface area (Å²) in [6, 6.07) is 16.0. The predicted octanol–water partition coefficient (Wildman–Crippen LogP) is 4.92. The number of carbonyl (C=O) groups excluding carboxylic acids is 2. The molecule has 37 heavy (non-hydrogen) atoms. The third-order valence-corrected chi connectivity index (χ3v) is 7.90. The Kier molecular flexibility index (Phi) is 8.16. The van der Waals surface area contributed by atoms with Crippen LogP contribution in [0, 0.1) is 13.8 Å². The van der Waals surface area contributed by atoms with Crippen molar-refractivity contribution in [3.05, 3.63) is 87.9 Å². The first-order valence-electron chi connectivity index (χ1n) is 11.8. The van der Waals surface area contributed by atoms with E-state index in [0.717, 1.165) is 24.0 Å². The van der Waals surface area contributed by atoms with Gasteiger partial charge in [-0.3, -0.25) is 14.3 Å². The number of sulfonamides is 1. The molecule has 10 heteroatoms. The Hall–Kier alpha value is -3.40. The Bertz CT molecular complexity index is 1440. The summed E-state index contributed by atoms with van der Waals surface area (Å²) in [5, 5.41) is 5.53. The number of hydrogen-bond donors (Lipinski definition) is 3. The van der Waals surface area contributed by atoms with E-state index in [-0.39, 0.29) is 33.1 Å². The zero-order valence-corrected chi connectivity index (χ0v) is 22.1. The molecule has 1 heterocycles. The standard InChI is InChI=1S/C27H28ClN3O5S/c1-17-9-10-18(2)24(14-17)31-37(34,35)25-15-19(11-12-22(25)28)26(32)30-23-8-4-3-7-21(23)27(33)29-16-20-6-5-13-36-20/h3-4,7-12,14-15,20,31H,5-6,13,16H2,1-2H3,(H,29,33)(H,30,32)/t20-/m1/s1. The molecule has 1 saturated heterocycles. The number of nitrogens with one attached hydrogen (secondary N) is 3. The Balaban J connectivity index is 1.53. The number of rotatable bonds is 8. The summed E-state index contributed by atoms with van der Waals surface area (Å²) in [6.07, 6.45) is 1.84. The van der Waals surface area contributed by atoms with E-state index in [4.69, 9.17) is 16.3 Å². The quantitative estimate of drug-likeness (QED) is 0.374. The molecule has 3 aromatic rings. The van der Waals surface area contributed by atoms with Crippen molar-refractivity contribution in [2.24, 2.45) is 0 Å². The Morgan fingerprint density at radius 1 is 1.00 bits per heavy atom. The van der Waals surface area contributed by atoms with Crippen LogP contribution in [0.4, 0.5) is 11.4 Å². The van der Waals surface area contributed by atoms with Crippen LogP contribution < -0.4 is 15.4 Å². The van der Waals surface area contributed by atoms with Crippen LogP contribution in [0.1, 0.15) is 44.7 Å². The van der Waals surface area contributed by atoms with Gasteiger partial charge in [0, 0.05) is 18.7 Å². The fourth-order valence-electron chi connectivity index (χ4n) is 3.99. The number of ether oxygens (including phenoxy) is 1. The van der Waals surface area contributed by atoms with Gasteiger partial charge in [-0.1, -0.05) is 35.9 Å². The van der Waals surface area contributed by atoms with E-state index in [1.165, 1.54) is 18.2 Å². The fourth-order valence-corrected chi connectivity index (χ4v) is 5.64. The van der Waals surface area contributed by atoms with E-state index in [9.17, 15) is 18.0 Å². The van der Waals surface area contributed by atoms with Gasteiger partial charge < -0.3 is 15.4 Å². The van der Waals surface area contributed by atoms with Gasteiger partial charge in [0.1, 0.15) is 4.90 Å². The van der Waals surface area contributed by atoms with Gasteiger partial charge in [0.25, 0.3) is 21.8 Å². The fraction of sp³-hybridized carbons (Fsp3) is 0.259. The van der Waals surface area contributed by atoms with E-state index in [2.05, 4.69) is 15.4 Å². The first-order chi connectivity index (χ1) is 17.6. The van der Waals surface area contributed by atoms with Gasteiger partial charge in [-0.25, -0.2) is 8.42 Å². The molecule has 194 valence electrons. The molecule has 0 aliphatic carbocycles. The molecule has 8 nitrogen and oxygen atoms in total. The molecule has 1 fully saturated rings. The molecule has 0 unspecified atom stereocenters. The summed E-state index contributed by atoms with van der Waals surface area (Å²) >= 11 is 6.22. The van der Waals surface area contributed by atoms with Gasteiger partial charge in [0.15, 0.2) is 0 Å². The molecule has 0 radical (unpaired) electrons. The predicted molar refractivity (Wildman–Crippen MR) is 144 cm³/mol. The summed E-state index contributed by atoms with van der Waals surface area (Å²) in [5.41, 5.74) is 2.71. The first-order valence-corrected chi connectivity index (χ1v) is 13.7. The van der Waals surface area contributed by atoms with Crippen LogP contribution in [-0.4, -0.2) is 39.5 Å². The number of benzene rings is 3. The molecule has 0 spiro atoms. The summed E-state index contributed by atoms with van der Waals surface area (Å²) in [6.45, 7) is 4.71. The molecule has 4 rings (SSSR count). The van der Waals surface area contributed by atoms with Crippen LogP contribution in [0.5, 0.6) is 0 Å². The minimum absolute atomic E-state index is 0.0164. The second-order valence-electron chi connectivity index (χ2n) is 8.91. The van der Waals surface area contributed by atoms with Gasteiger partial charge in [0.2, 0.25) is 0 Å². The van der Waals surface area contributed by atoms with Crippen LogP contribution in [0.3, 0.4) is 0 Å². The largest absolute Gasteiger partial charge is 0.376 e. The van der Waals surface area contributed by atoms with E-state index in [1.807, 2.05) is 19.1 Å². The van der Waals surface area contributed by atoms with Crippen molar-refractivity contribution in [3.63, 3.8) is 0 Å². The van der Waals surface area contributed by atoms with Crippen molar-refractivity contribution in [3.8, 4) is 0 Å². The number of carbonyl (C=O) groups is 2. The maximum absolute atomic E-state index is 13.2. The molecule has 1 atom stereocenters. The lowest BCUT2D eigenvalue weighted by Crippen LogP contribution is -2.32. The molecule has 0 aromatic heterocycles. The molecule has 3 N–H and O–H groups in total. The van der Waals surface area contributed by atoms with Crippen molar-refractivity contribution in [1.29, 1.82) is 0 Å². The molecule has 1 aliphatic rings. The Morgan fingerprint density at radius 3 is 2.54 bits per heavy atom. The van der Waals surface area contributed by atoms with Crippen LogP contribution >= 0.6 is 11.6 Å². The lowest BCUT2D eigenvalue weighted by Gasteiger charge is -2.15. The highest BCUT2D eigenvalue weighted by atomic mass is 35.5. The Labute approximate surface area is 221 Å². The second kappa shape index (κ2) is 11.3. The number of hydrogen-bond acceptors (Lipinski definition) is 5. The third-order valence-electron chi connectivity index (χ3n) is 6.05. The highest BCUT2D eigenvalue weighted by Gasteiger charge is 2.23.